The van der Waals surface area contributed by atoms with E-state index in [9.17, 15) is 4.79 Å². The van der Waals surface area contributed by atoms with Crippen molar-refractivity contribution in [2.75, 3.05) is 0 Å². The molecule has 1 heterocycles. The maximum absolute atomic E-state index is 12.6. The van der Waals surface area contributed by atoms with Gasteiger partial charge in [-0.25, -0.2) is 0 Å². The second-order valence-electron chi connectivity index (χ2n) is 5.15. The van der Waals surface area contributed by atoms with Crippen molar-refractivity contribution in [2.45, 2.75) is 46.1 Å². The highest BCUT2D eigenvalue weighted by molar-refractivity contribution is 9.10. The van der Waals surface area contributed by atoms with Gasteiger partial charge in [0.2, 0.25) is 0 Å². The minimum atomic E-state index is -0.0941. The Morgan fingerprint density at radius 3 is 2.52 bits per heavy atom. The molecule has 0 bridgehead atoms. The van der Waals surface area contributed by atoms with Crippen molar-refractivity contribution in [3.8, 4) is 0 Å². The van der Waals surface area contributed by atoms with E-state index < -0.39 is 0 Å². The number of aromatic nitrogens is 2. The molecule has 0 aliphatic rings. The molecule has 0 radical (unpaired) electrons. The van der Waals surface area contributed by atoms with Crippen LogP contribution < -0.4 is 0 Å². The van der Waals surface area contributed by atoms with Crippen LogP contribution in [0.15, 0.2) is 34.8 Å². The highest BCUT2D eigenvalue weighted by Gasteiger charge is 2.21. The van der Waals surface area contributed by atoms with Gasteiger partial charge in [0.05, 0.1) is 22.3 Å². The van der Waals surface area contributed by atoms with Gasteiger partial charge in [-0.15, -0.1) is 0 Å². The van der Waals surface area contributed by atoms with Crippen molar-refractivity contribution in [2.24, 2.45) is 0 Å². The Labute approximate surface area is 134 Å². The normalized spacial score (nSPS) is 12.4. The van der Waals surface area contributed by atoms with Crippen molar-refractivity contribution in [3.63, 3.8) is 0 Å². The van der Waals surface area contributed by atoms with Crippen LogP contribution >= 0.6 is 15.9 Å². The molecule has 0 fully saturated rings. The Kier molecular flexibility index (Phi) is 5.34. The molecule has 0 N–H and O–H groups in total. The molecule has 4 heteroatoms. The molecule has 0 saturated heterocycles. The Bertz CT molecular complexity index is 619. The summed E-state index contributed by atoms with van der Waals surface area (Å²) in [5, 5.41) is 4.55. The van der Waals surface area contributed by atoms with Crippen LogP contribution in [0.5, 0.6) is 0 Å². The monoisotopic (exact) mass is 348 g/mol. The summed E-state index contributed by atoms with van der Waals surface area (Å²) in [5.41, 5.74) is 3.08. The summed E-state index contributed by atoms with van der Waals surface area (Å²) in [4.78, 5) is 12.6. The number of carbonyl (C=O) groups is 1. The van der Waals surface area contributed by atoms with E-state index in [1.807, 2.05) is 48.9 Å². The van der Waals surface area contributed by atoms with Crippen LogP contribution in [0.2, 0.25) is 0 Å². The molecule has 0 spiro atoms. The molecule has 2 rings (SSSR count). The van der Waals surface area contributed by atoms with Gasteiger partial charge < -0.3 is 0 Å². The quantitative estimate of drug-likeness (QED) is 0.786. The largest absolute Gasteiger partial charge is 0.299 e. The van der Waals surface area contributed by atoms with Crippen LogP contribution in [0.4, 0.5) is 0 Å². The van der Waals surface area contributed by atoms with Crippen LogP contribution in [-0.4, -0.2) is 15.6 Å². The van der Waals surface area contributed by atoms with Crippen molar-refractivity contribution in [3.05, 3.63) is 51.8 Å². The van der Waals surface area contributed by atoms with E-state index in [0.717, 1.165) is 34.4 Å². The summed E-state index contributed by atoms with van der Waals surface area (Å²) in [5.74, 6) is 0.127. The predicted molar refractivity (Wildman–Crippen MR) is 88.5 cm³/mol. The third-order valence-corrected chi connectivity index (χ3v) is 4.73. The molecule has 0 aliphatic carbocycles. The number of nitrogens with zero attached hydrogens (tertiary/aromatic N) is 2. The molecular weight excluding hydrogens is 328 g/mol. The number of rotatable bonds is 6. The molecule has 0 amide bonds. The average Bonchev–Trinajstić information content (AvgIpc) is 2.83. The fourth-order valence-electron chi connectivity index (χ4n) is 2.43. The smallest absolute Gasteiger partial charge is 0.146 e. The summed E-state index contributed by atoms with van der Waals surface area (Å²) in [6.45, 7) is 6.87. The fourth-order valence-corrected chi connectivity index (χ4v) is 3.14. The zero-order chi connectivity index (χ0) is 15.4. The molecule has 1 aromatic carbocycles. The number of carbonyl (C=O) groups excluding carboxylic acids is 1. The Morgan fingerprint density at radius 2 is 1.95 bits per heavy atom. The minimum absolute atomic E-state index is 0.0941. The summed E-state index contributed by atoms with van der Waals surface area (Å²) >= 11 is 3.60. The summed E-state index contributed by atoms with van der Waals surface area (Å²) in [7, 11) is 0. The van der Waals surface area contributed by atoms with E-state index in [4.69, 9.17) is 0 Å². The first-order chi connectivity index (χ1) is 10.1. The lowest BCUT2D eigenvalue weighted by atomic mass is 9.94. The third kappa shape index (κ3) is 3.43. The number of benzene rings is 1. The van der Waals surface area contributed by atoms with Gasteiger partial charge in [0.25, 0.3) is 0 Å². The molecular formula is C17H21BrN2O. The molecule has 112 valence electrons. The Balaban J connectivity index is 2.22. The molecule has 1 unspecified atom stereocenters. The number of hydrogen-bond donors (Lipinski definition) is 0. The zero-order valence-electron chi connectivity index (χ0n) is 12.8. The van der Waals surface area contributed by atoms with E-state index in [-0.39, 0.29) is 11.7 Å². The third-order valence-electron chi connectivity index (χ3n) is 3.82. The van der Waals surface area contributed by atoms with Crippen molar-refractivity contribution in [1.29, 1.82) is 0 Å². The number of ketones is 1. The van der Waals surface area contributed by atoms with Crippen LogP contribution in [0, 0.1) is 0 Å². The molecule has 0 aliphatic heterocycles. The van der Waals surface area contributed by atoms with Gasteiger partial charge in [-0.05, 0) is 34.8 Å². The number of Topliss-reactive ketones (excluding diaryl/α,β-unsaturated/α-hetero) is 1. The van der Waals surface area contributed by atoms with Gasteiger partial charge in [0.15, 0.2) is 0 Å². The molecule has 1 atom stereocenters. The van der Waals surface area contributed by atoms with Gasteiger partial charge in [-0.1, -0.05) is 44.2 Å². The van der Waals surface area contributed by atoms with Crippen LogP contribution in [0.3, 0.4) is 0 Å². The van der Waals surface area contributed by atoms with Crippen LogP contribution in [-0.2, 0) is 24.2 Å². The van der Waals surface area contributed by atoms with Crippen molar-refractivity contribution in [1.82, 2.24) is 9.78 Å². The predicted octanol–water partition coefficient (Wildman–Crippen LogP) is 4.14. The maximum atomic E-state index is 12.6. The van der Waals surface area contributed by atoms with Gasteiger partial charge in [-0.3, -0.25) is 9.48 Å². The second-order valence-corrected chi connectivity index (χ2v) is 5.95. The lowest BCUT2D eigenvalue weighted by Gasteiger charge is -2.12. The molecule has 1 aromatic heterocycles. The van der Waals surface area contributed by atoms with Gasteiger partial charge in [-0.2, -0.15) is 5.10 Å². The number of halogens is 1. The highest BCUT2D eigenvalue weighted by Crippen LogP contribution is 2.25. The average molecular weight is 349 g/mol. The first-order valence-corrected chi connectivity index (χ1v) is 8.19. The van der Waals surface area contributed by atoms with E-state index in [0.29, 0.717) is 6.42 Å². The van der Waals surface area contributed by atoms with E-state index in [1.165, 1.54) is 0 Å². The molecule has 21 heavy (non-hydrogen) atoms. The fraction of sp³-hybridized carbons (Fsp3) is 0.412. The van der Waals surface area contributed by atoms with E-state index in [2.05, 4.69) is 28.0 Å². The zero-order valence-corrected chi connectivity index (χ0v) is 14.4. The lowest BCUT2D eigenvalue weighted by molar-refractivity contribution is -0.119. The standard InChI is InChI=1S/C17H21BrN2O/c1-4-14-17(18)15(20(5-2)19-14)11-16(21)12(3)13-9-7-6-8-10-13/h6-10,12H,4-5,11H2,1-3H3. The first kappa shape index (κ1) is 16.0. The molecule has 3 nitrogen and oxygen atoms in total. The molecule has 0 saturated carbocycles. The Morgan fingerprint density at radius 1 is 1.29 bits per heavy atom. The lowest BCUT2D eigenvalue weighted by Crippen LogP contribution is -2.15. The first-order valence-electron chi connectivity index (χ1n) is 7.40. The number of aryl methyl sites for hydroxylation is 2. The minimum Gasteiger partial charge on any atom is -0.299 e. The van der Waals surface area contributed by atoms with E-state index >= 15 is 0 Å². The maximum Gasteiger partial charge on any atom is 0.146 e. The van der Waals surface area contributed by atoms with Gasteiger partial charge in [0, 0.05) is 12.5 Å². The number of hydrogen-bond acceptors (Lipinski definition) is 2. The van der Waals surface area contributed by atoms with Crippen molar-refractivity contribution < 1.29 is 4.79 Å². The van der Waals surface area contributed by atoms with Crippen molar-refractivity contribution >= 4 is 21.7 Å². The summed E-state index contributed by atoms with van der Waals surface area (Å²) < 4.78 is 2.92. The summed E-state index contributed by atoms with van der Waals surface area (Å²) in [6, 6.07) is 9.93. The van der Waals surface area contributed by atoms with E-state index in [1.54, 1.807) is 0 Å². The summed E-state index contributed by atoms with van der Waals surface area (Å²) in [6.07, 6.45) is 1.28. The van der Waals surface area contributed by atoms with Crippen LogP contribution in [0.25, 0.3) is 0 Å². The van der Waals surface area contributed by atoms with Gasteiger partial charge in [0.1, 0.15) is 5.78 Å². The topological polar surface area (TPSA) is 34.9 Å². The highest BCUT2D eigenvalue weighted by atomic mass is 79.9. The van der Waals surface area contributed by atoms with Crippen LogP contribution in [0.1, 0.15) is 43.6 Å². The Hall–Kier alpha value is -1.42. The second kappa shape index (κ2) is 7.03. The SMILES string of the molecule is CCc1nn(CC)c(CC(=O)C(C)c2ccccc2)c1Br. The van der Waals surface area contributed by atoms with Gasteiger partial charge >= 0.3 is 0 Å². The molecule has 2 aromatic rings.